The van der Waals surface area contributed by atoms with E-state index in [4.69, 9.17) is 4.74 Å². The summed E-state index contributed by atoms with van der Waals surface area (Å²) in [7, 11) is 1.59. The third-order valence-electron chi connectivity index (χ3n) is 4.48. The van der Waals surface area contributed by atoms with Gasteiger partial charge >= 0.3 is 6.03 Å². The largest absolute Gasteiger partial charge is 0.383 e. The van der Waals surface area contributed by atoms with Crippen molar-refractivity contribution in [2.24, 2.45) is 0 Å². The average Bonchev–Trinajstić information content (AvgIpc) is 3.24. The maximum atomic E-state index is 13.1. The molecular formula is C22H31N3O3S. The van der Waals surface area contributed by atoms with Crippen LogP contribution in [-0.4, -0.2) is 55.1 Å². The smallest absolute Gasteiger partial charge is 0.317 e. The molecule has 0 radical (unpaired) electrons. The van der Waals surface area contributed by atoms with Gasteiger partial charge in [-0.25, -0.2) is 4.79 Å². The van der Waals surface area contributed by atoms with Gasteiger partial charge in [-0.15, -0.1) is 11.3 Å². The highest BCUT2D eigenvalue weighted by molar-refractivity contribution is 7.09. The molecule has 1 aromatic heterocycles. The van der Waals surface area contributed by atoms with Crippen molar-refractivity contribution in [3.63, 3.8) is 0 Å². The molecule has 0 unspecified atom stereocenters. The van der Waals surface area contributed by atoms with Gasteiger partial charge in [0.25, 0.3) is 0 Å². The Morgan fingerprint density at radius 3 is 2.52 bits per heavy atom. The predicted molar refractivity (Wildman–Crippen MR) is 117 cm³/mol. The van der Waals surface area contributed by atoms with E-state index in [2.05, 4.69) is 12.2 Å². The first-order valence-electron chi connectivity index (χ1n) is 9.99. The summed E-state index contributed by atoms with van der Waals surface area (Å²) in [4.78, 5) is 30.2. The number of amides is 3. The number of nitrogens with zero attached hydrogens (tertiary/aromatic N) is 2. The fraction of sp³-hybridized carbons (Fsp3) is 0.455. The number of carbonyl (C=O) groups is 2. The molecule has 0 aliphatic heterocycles. The van der Waals surface area contributed by atoms with Crippen molar-refractivity contribution < 1.29 is 14.3 Å². The lowest BCUT2D eigenvalue weighted by Gasteiger charge is -2.27. The van der Waals surface area contributed by atoms with Crippen LogP contribution in [0.4, 0.5) is 4.79 Å². The Morgan fingerprint density at radius 2 is 1.86 bits per heavy atom. The number of unbranched alkanes of at least 4 members (excludes halogenated alkanes) is 1. The van der Waals surface area contributed by atoms with Crippen LogP contribution < -0.4 is 5.32 Å². The summed E-state index contributed by atoms with van der Waals surface area (Å²) in [5.41, 5.74) is 1.06. The minimum atomic E-state index is -0.223. The number of hydrogen-bond donors (Lipinski definition) is 1. The zero-order chi connectivity index (χ0) is 20.9. The van der Waals surface area contributed by atoms with Crippen LogP contribution in [0.25, 0.3) is 0 Å². The van der Waals surface area contributed by atoms with Gasteiger partial charge in [0, 0.05) is 31.6 Å². The van der Waals surface area contributed by atoms with Crippen molar-refractivity contribution in [3.8, 4) is 0 Å². The molecule has 1 N–H and O–H groups in total. The van der Waals surface area contributed by atoms with E-state index >= 15 is 0 Å². The predicted octanol–water partition coefficient (Wildman–Crippen LogP) is 3.74. The highest BCUT2D eigenvalue weighted by Gasteiger charge is 2.21. The van der Waals surface area contributed by atoms with E-state index in [-0.39, 0.29) is 18.5 Å². The first-order valence-corrected chi connectivity index (χ1v) is 10.9. The summed E-state index contributed by atoms with van der Waals surface area (Å²) >= 11 is 1.63. The lowest BCUT2D eigenvalue weighted by atomic mass is 10.2. The lowest BCUT2D eigenvalue weighted by Crippen LogP contribution is -2.47. The van der Waals surface area contributed by atoms with Crippen molar-refractivity contribution in [2.75, 3.05) is 33.4 Å². The summed E-state index contributed by atoms with van der Waals surface area (Å²) in [5.74, 6) is -0.0796. The van der Waals surface area contributed by atoms with Gasteiger partial charge < -0.3 is 19.9 Å². The van der Waals surface area contributed by atoms with E-state index in [0.717, 1.165) is 23.3 Å². The van der Waals surface area contributed by atoms with Gasteiger partial charge in [0.15, 0.2) is 0 Å². The molecule has 29 heavy (non-hydrogen) atoms. The molecule has 7 heteroatoms. The Labute approximate surface area is 177 Å². The third-order valence-corrected chi connectivity index (χ3v) is 5.34. The zero-order valence-corrected chi connectivity index (χ0v) is 18.1. The molecule has 158 valence electrons. The third kappa shape index (κ3) is 8.25. The number of methoxy groups -OCH3 is 1. The van der Waals surface area contributed by atoms with Gasteiger partial charge in [-0.2, -0.15) is 0 Å². The fourth-order valence-electron chi connectivity index (χ4n) is 2.83. The summed E-state index contributed by atoms with van der Waals surface area (Å²) in [6.45, 7) is 4.50. The van der Waals surface area contributed by atoms with Crippen LogP contribution in [0.5, 0.6) is 0 Å². The summed E-state index contributed by atoms with van der Waals surface area (Å²) < 4.78 is 5.13. The normalized spacial score (nSPS) is 10.6. The number of urea groups is 1. The minimum Gasteiger partial charge on any atom is -0.383 e. The molecule has 0 saturated heterocycles. The van der Waals surface area contributed by atoms with Crippen molar-refractivity contribution in [1.29, 1.82) is 0 Å². The van der Waals surface area contributed by atoms with Gasteiger partial charge in [-0.3, -0.25) is 4.79 Å². The summed E-state index contributed by atoms with van der Waals surface area (Å²) in [6.07, 6.45) is 1.92. The Morgan fingerprint density at radius 1 is 1.07 bits per heavy atom. The molecule has 2 aromatic rings. The first kappa shape index (κ1) is 22.9. The van der Waals surface area contributed by atoms with Crippen LogP contribution in [-0.2, 0) is 22.6 Å². The zero-order valence-electron chi connectivity index (χ0n) is 17.3. The number of ether oxygens (including phenoxy) is 1. The number of hydrogen-bond acceptors (Lipinski definition) is 4. The minimum absolute atomic E-state index is 0.0273. The second-order valence-corrected chi connectivity index (χ2v) is 7.85. The van der Waals surface area contributed by atoms with Crippen LogP contribution in [0.1, 0.15) is 30.2 Å². The number of thiophene rings is 1. The average molecular weight is 418 g/mol. The SMILES string of the molecule is CCCCNC(=O)N(CCOC)CC(=O)N(Cc1ccccc1)Cc1cccs1. The molecule has 0 spiro atoms. The molecule has 2 rings (SSSR count). The van der Waals surface area contributed by atoms with Crippen LogP contribution in [0, 0.1) is 0 Å². The van der Waals surface area contributed by atoms with E-state index in [1.807, 2.05) is 47.8 Å². The van der Waals surface area contributed by atoms with Crippen LogP contribution in [0.3, 0.4) is 0 Å². The quantitative estimate of drug-likeness (QED) is 0.535. The van der Waals surface area contributed by atoms with Crippen molar-refractivity contribution in [3.05, 3.63) is 58.3 Å². The van der Waals surface area contributed by atoms with E-state index < -0.39 is 0 Å². The van der Waals surface area contributed by atoms with E-state index in [9.17, 15) is 9.59 Å². The first-order chi connectivity index (χ1) is 14.1. The highest BCUT2D eigenvalue weighted by Crippen LogP contribution is 2.15. The lowest BCUT2D eigenvalue weighted by molar-refractivity contribution is -0.133. The molecule has 0 bridgehead atoms. The van der Waals surface area contributed by atoms with Gasteiger partial charge in [0.1, 0.15) is 6.54 Å². The molecule has 0 saturated carbocycles. The Bertz CT molecular complexity index is 722. The monoisotopic (exact) mass is 417 g/mol. The van der Waals surface area contributed by atoms with Gasteiger partial charge in [-0.05, 0) is 23.4 Å². The maximum absolute atomic E-state index is 13.1. The molecule has 1 aromatic carbocycles. The molecule has 1 heterocycles. The Balaban J connectivity index is 2.07. The second kappa shape index (κ2) is 13.0. The topological polar surface area (TPSA) is 61.9 Å². The summed E-state index contributed by atoms with van der Waals surface area (Å²) in [5, 5.41) is 4.90. The van der Waals surface area contributed by atoms with Gasteiger partial charge in [0.05, 0.1) is 13.2 Å². The van der Waals surface area contributed by atoms with Gasteiger partial charge in [0.2, 0.25) is 5.91 Å². The molecule has 0 atom stereocenters. The molecule has 0 aliphatic carbocycles. The molecule has 6 nitrogen and oxygen atoms in total. The van der Waals surface area contributed by atoms with Crippen molar-refractivity contribution in [2.45, 2.75) is 32.9 Å². The number of rotatable bonds is 12. The van der Waals surface area contributed by atoms with Gasteiger partial charge in [-0.1, -0.05) is 49.7 Å². The van der Waals surface area contributed by atoms with E-state index in [1.54, 1.807) is 23.3 Å². The second-order valence-electron chi connectivity index (χ2n) is 6.81. The highest BCUT2D eigenvalue weighted by atomic mass is 32.1. The molecular weight excluding hydrogens is 386 g/mol. The Kier molecular flexibility index (Phi) is 10.2. The van der Waals surface area contributed by atoms with Crippen molar-refractivity contribution in [1.82, 2.24) is 15.1 Å². The van der Waals surface area contributed by atoms with Crippen LogP contribution >= 0.6 is 11.3 Å². The van der Waals surface area contributed by atoms with E-state index in [0.29, 0.717) is 32.8 Å². The van der Waals surface area contributed by atoms with Crippen LogP contribution in [0.2, 0.25) is 0 Å². The Hall–Kier alpha value is -2.38. The molecule has 0 aliphatic rings. The number of benzene rings is 1. The molecule has 3 amide bonds. The van der Waals surface area contributed by atoms with Crippen molar-refractivity contribution >= 4 is 23.3 Å². The number of nitrogens with one attached hydrogen (secondary N) is 1. The fourth-order valence-corrected chi connectivity index (χ4v) is 3.55. The molecule has 0 fully saturated rings. The van der Waals surface area contributed by atoms with Crippen LogP contribution in [0.15, 0.2) is 47.8 Å². The summed E-state index contributed by atoms with van der Waals surface area (Å²) in [6, 6.07) is 13.7. The number of carbonyl (C=O) groups excluding carboxylic acids is 2. The standard InChI is InChI=1S/C22H31N3O3S/c1-3-4-12-23-22(27)24(13-14-28-2)18-21(26)25(17-20-11-8-15-29-20)16-19-9-6-5-7-10-19/h5-11,15H,3-4,12-14,16-18H2,1-2H3,(H,23,27). The maximum Gasteiger partial charge on any atom is 0.317 e. The van der Waals surface area contributed by atoms with E-state index in [1.165, 1.54) is 4.90 Å².